The van der Waals surface area contributed by atoms with E-state index in [2.05, 4.69) is 5.32 Å². The van der Waals surface area contributed by atoms with Crippen LogP contribution in [-0.4, -0.2) is 38.3 Å². The molecular weight excluding hydrogens is 374 g/mol. The highest BCUT2D eigenvalue weighted by atomic mass is 35.5. The first-order chi connectivity index (χ1) is 12.3. The lowest BCUT2D eigenvalue weighted by molar-refractivity contribution is 0.0999. The van der Waals surface area contributed by atoms with E-state index in [0.29, 0.717) is 30.2 Å². The molecule has 1 unspecified atom stereocenters. The Morgan fingerprint density at radius 2 is 2.00 bits per heavy atom. The van der Waals surface area contributed by atoms with E-state index >= 15 is 0 Å². The zero-order chi connectivity index (χ0) is 18.9. The number of primary amides is 1. The Bertz CT molecular complexity index is 946. The number of nitrogens with one attached hydrogen (secondary N) is 1. The molecule has 2 aromatic rings. The van der Waals surface area contributed by atoms with Crippen molar-refractivity contribution in [3.8, 4) is 0 Å². The van der Waals surface area contributed by atoms with E-state index < -0.39 is 22.0 Å². The van der Waals surface area contributed by atoms with Gasteiger partial charge in [-0.25, -0.2) is 8.42 Å². The van der Waals surface area contributed by atoms with Crippen LogP contribution in [0, 0.1) is 6.92 Å². The summed E-state index contributed by atoms with van der Waals surface area (Å²) in [6.45, 7) is 3.01. The minimum absolute atomic E-state index is 0.0517. The summed E-state index contributed by atoms with van der Waals surface area (Å²) >= 11 is 6.30. The van der Waals surface area contributed by atoms with Crippen LogP contribution in [0.4, 0.5) is 0 Å². The Morgan fingerprint density at radius 3 is 2.69 bits per heavy atom. The summed E-state index contributed by atoms with van der Waals surface area (Å²) in [6.07, 6.45) is 0. The maximum Gasteiger partial charge on any atom is 0.249 e. The first-order valence-electron chi connectivity index (χ1n) is 8.20. The molecule has 6 nitrogen and oxygen atoms in total. The molecule has 0 radical (unpaired) electrons. The molecule has 0 aromatic heterocycles. The van der Waals surface area contributed by atoms with Gasteiger partial charge >= 0.3 is 0 Å². The number of sulfonamides is 1. The van der Waals surface area contributed by atoms with E-state index in [1.807, 2.05) is 12.1 Å². The van der Waals surface area contributed by atoms with Crippen molar-refractivity contribution >= 4 is 27.5 Å². The third-order valence-electron chi connectivity index (χ3n) is 4.54. The molecule has 138 valence electrons. The van der Waals surface area contributed by atoms with Gasteiger partial charge in [0.1, 0.15) is 0 Å². The van der Waals surface area contributed by atoms with Crippen molar-refractivity contribution in [3.63, 3.8) is 0 Å². The molecule has 0 saturated carbocycles. The quantitative estimate of drug-likeness (QED) is 0.831. The predicted molar refractivity (Wildman–Crippen MR) is 101 cm³/mol. The third kappa shape index (κ3) is 3.48. The fourth-order valence-corrected chi connectivity index (χ4v) is 5.04. The maximum absolute atomic E-state index is 13.3. The van der Waals surface area contributed by atoms with Crippen molar-refractivity contribution in [3.05, 3.63) is 64.2 Å². The van der Waals surface area contributed by atoms with Gasteiger partial charge in [-0.15, -0.1) is 0 Å². The fourth-order valence-electron chi connectivity index (χ4n) is 3.15. The summed E-state index contributed by atoms with van der Waals surface area (Å²) in [6, 6.07) is 11.2. The molecular formula is C18H20ClN3O3S. The molecule has 0 bridgehead atoms. The van der Waals surface area contributed by atoms with Crippen LogP contribution in [0.15, 0.2) is 47.4 Å². The van der Waals surface area contributed by atoms with Crippen LogP contribution in [0.5, 0.6) is 0 Å². The van der Waals surface area contributed by atoms with Crippen molar-refractivity contribution in [2.24, 2.45) is 5.73 Å². The molecule has 1 heterocycles. The van der Waals surface area contributed by atoms with Crippen LogP contribution in [-0.2, 0) is 10.0 Å². The highest BCUT2D eigenvalue weighted by molar-refractivity contribution is 7.89. The van der Waals surface area contributed by atoms with Crippen LogP contribution in [0.1, 0.15) is 27.5 Å². The Balaban J connectivity index is 2.06. The molecule has 8 heteroatoms. The van der Waals surface area contributed by atoms with Crippen LogP contribution >= 0.6 is 11.6 Å². The standard InChI is InChI=1S/C18H20ClN3O3S/c1-12-6-7-13(10-15(12)18(20)23)26(24,25)22-9-8-21-11-17(22)14-4-2-3-5-16(14)19/h2-7,10,17,21H,8-9,11H2,1H3,(H2,20,23). The number of carbonyl (C=O) groups excluding carboxylic acids is 1. The largest absolute Gasteiger partial charge is 0.366 e. The van der Waals surface area contributed by atoms with Gasteiger partial charge in [-0.2, -0.15) is 4.31 Å². The molecule has 1 atom stereocenters. The van der Waals surface area contributed by atoms with Gasteiger partial charge in [0, 0.05) is 30.2 Å². The summed E-state index contributed by atoms with van der Waals surface area (Å²) in [5.74, 6) is -0.650. The fraction of sp³-hybridized carbons (Fsp3) is 0.278. The summed E-state index contributed by atoms with van der Waals surface area (Å²) in [5, 5.41) is 3.73. The Hall–Kier alpha value is -1.93. The highest BCUT2D eigenvalue weighted by Crippen LogP contribution is 2.33. The first kappa shape index (κ1) is 18.8. The lowest BCUT2D eigenvalue weighted by Gasteiger charge is -2.36. The van der Waals surface area contributed by atoms with Crippen molar-refractivity contribution in [2.75, 3.05) is 19.6 Å². The summed E-state index contributed by atoms with van der Waals surface area (Å²) in [7, 11) is -3.82. The number of carbonyl (C=O) groups is 1. The number of hydrogen-bond donors (Lipinski definition) is 2. The van der Waals surface area contributed by atoms with Crippen molar-refractivity contribution in [1.82, 2.24) is 9.62 Å². The molecule has 0 spiro atoms. The second kappa shape index (κ2) is 7.36. The van der Waals surface area contributed by atoms with E-state index in [4.69, 9.17) is 17.3 Å². The number of rotatable bonds is 4. The van der Waals surface area contributed by atoms with E-state index in [0.717, 1.165) is 5.56 Å². The Morgan fingerprint density at radius 1 is 1.27 bits per heavy atom. The SMILES string of the molecule is Cc1ccc(S(=O)(=O)N2CCNCC2c2ccccc2Cl)cc1C(N)=O. The molecule has 1 aliphatic rings. The topological polar surface area (TPSA) is 92.5 Å². The second-order valence-electron chi connectivity index (χ2n) is 6.20. The second-order valence-corrected chi connectivity index (χ2v) is 8.50. The minimum Gasteiger partial charge on any atom is -0.366 e. The minimum atomic E-state index is -3.82. The van der Waals surface area contributed by atoms with Gasteiger partial charge in [-0.05, 0) is 36.2 Å². The average molecular weight is 394 g/mol. The summed E-state index contributed by atoms with van der Waals surface area (Å²) in [4.78, 5) is 11.6. The van der Waals surface area contributed by atoms with Gasteiger partial charge in [0.15, 0.2) is 0 Å². The molecule has 3 N–H and O–H groups in total. The van der Waals surface area contributed by atoms with Gasteiger partial charge in [0.2, 0.25) is 15.9 Å². The number of nitrogens with zero attached hydrogens (tertiary/aromatic N) is 1. The molecule has 1 saturated heterocycles. The Kier molecular flexibility index (Phi) is 5.34. The molecule has 3 rings (SSSR count). The number of halogens is 1. The predicted octanol–water partition coefficient (Wildman–Crippen LogP) is 2.08. The summed E-state index contributed by atoms with van der Waals surface area (Å²) in [5.41, 5.74) is 6.95. The molecule has 2 aromatic carbocycles. The maximum atomic E-state index is 13.3. The van der Waals surface area contributed by atoms with Gasteiger partial charge in [-0.1, -0.05) is 35.9 Å². The highest BCUT2D eigenvalue weighted by Gasteiger charge is 2.35. The molecule has 1 aliphatic heterocycles. The number of aryl methyl sites for hydroxylation is 1. The van der Waals surface area contributed by atoms with E-state index in [9.17, 15) is 13.2 Å². The van der Waals surface area contributed by atoms with Crippen LogP contribution in [0.25, 0.3) is 0 Å². The molecule has 1 fully saturated rings. The number of piperazine rings is 1. The van der Waals surface area contributed by atoms with Crippen LogP contribution < -0.4 is 11.1 Å². The lowest BCUT2D eigenvalue weighted by atomic mass is 10.1. The molecule has 0 aliphatic carbocycles. The van der Waals surface area contributed by atoms with Gasteiger partial charge in [0.25, 0.3) is 0 Å². The zero-order valence-corrected chi connectivity index (χ0v) is 15.8. The van der Waals surface area contributed by atoms with Crippen molar-refractivity contribution < 1.29 is 13.2 Å². The number of hydrogen-bond acceptors (Lipinski definition) is 4. The normalized spacial score (nSPS) is 18.6. The monoisotopic (exact) mass is 393 g/mol. The summed E-state index contributed by atoms with van der Waals surface area (Å²) < 4.78 is 28.0. The van der Waals surface area contributed by atoms with Crippen LogP contribution in [0.2, 0.25) is 5.02 Å². The lowest BCUT2D eigenvalue weighted by Crippen LogP contribution is -2.48. The number of benzene rings is 2. The van der Waals surface area contributed by atoms with Crippen molar-refractivity contribution in [2.45, 2.75) is 17.9 Å². The zero-order valence-electron chi connectivity index (χ0n) is 14.3. The Labute approximate surface area is 158 Å². The van der Waals surface area contributed by atoms with E-state index in [1.165, 1.54) is 16.4 Å². The van der Waals surface area contributed by atoms with E-state index in [-0.39, 0.29) is 10.5 Å². The smallest absolute Gasteiger partial charge is 0.249 e. The average Bonchev–Trinajstić information content (AvgIpc) is 2.62. The molecule has 1 amide bonds. The number of nitrogens with two attached hydrogens (primary N) is 1. The van der Waals surface area contributed by atoms with E-state index in [1.54, 1.807) is 25.1 Å². The number of amides is 1. The third-order valence-corrected chi connectivity index (χ3v) is 6.79. The van der Waals surface area contributed by atoms with Gasteiger partial charge < -0.3 is 11.1 Å². The van der Waals surface area contributed by atoms with Crippen LogP contribution in [0.3, 0.4) is 0 Å². The van der Waals surface area contributed by atoms with Gasteiger partial charge in [-0.3, -0.25) is 4.79 Å². The first-order valence-corrected chi connectivity index (χ1v) is 10.0. The molecule has 26 heavy (non-hydrogen) atoms. The van der Waals surface area contributed by atoms with Gasteiger partial charge in [0.05, 0.1) is 10.9 Å². The van der Waals surface area contributed by atoms with Crippen molar-refractivity contribution in [1.29, 1.82) is 0 Å².